The standard InChI is InChI=1S/C17H25FN2O.ClH/c1-16(2,13-8-4-5-9-14(13)18)12-20-15(21)17(19)10-6-3-7-11-17;/h4-5,8-9H,3,6-7,10-12,19H2,1-2H3,(H,20,21);1H. The summed E-state index contributed by atoms with van der Waals surface area (Å²) in [5.74, 6) is -0.344. The molecule has 3 nitrogen and oxygen atoms in total. The number of benzene rings is 1. The highest BCUT2D eigenvalue weighted by atomic mass is 35.5. The van der Waals surface area contributed by atoms with Crippen LogP contribution in [0.25, 0.3) is 0 Å². The number of nitrogens with one attached hydrogen (secondary N) is 1. The van der Waals surface area contributed by atoms with Gasteiger partial charge >= 0.3 is 0 Å². The first-order valence-electron chi connectivity index (χ1n) is 7.67. The van der Waals surface area contributed by atoms with Gasteiger partial charge in [-0.2, -0.15) is 0 Å². The van der Waals surface area contributed by atoms with Gasteiger partial charge in [0.2, 0.25) is 5.91 Å². The van der Waals surface area contributed by atoms with Crippen molar-refractivity contribution in [1.29, 1.82) is 0 Å². The van der Waals surface area contributed by atoms with Crippen molar-refractivity contribution >= 4 is 18.3 Å². The van der Waals surface area contributed by atoms with Crippen LogP contribution in [0, 0.1) is 5.82 Å². The van der Waals surface area contributed by atoms with Crippen molar-refractivity contribution in [3.8, 4) is 0 Å². The molecule has 5 heteroatoms. The van der Waals surface area contributed by atoms with E-state index >= 15 is 0 Å². The SMILES string of the molecule is CC(C)(CNC(=O)C1(N)CCCCC1)c1ccccc1F.Cl. The fraction of sp³-hybridized carbons (Fsp3) is 0.588. The average molecular weight is 329 g/mol. The zero-order valence-electron chi connectivity index (χ0n) is 13.3. The van der Waals surface area contributed by atoms with Crippen molar-refractivity contribution in [2.45, 2.75) is 56.9 Å². The Balaban J connectivity index is 0.00000242. The van der Waals surface area contributed by atoms with Gasteiger partial charge in [-0.3, -0.25) is 4.79 Å². The van der Waals surface area contributed by atoms with E-state index in [-0.39, 0.29) is 24.1 Å². The maximum absolute atomic E-state index is 13.9. The molecule has 1 saturated carbocycles. The van der Waals surface area contributed by atoms with Gasteiger partial charge in [0, 0.05) is 12.0 Å². The molecular formula is C17H26ClFN2O. The Morgan fingerprint density at radius 1 is 1.27 bits per heavy atom. The summed E-state index contributed by atoms with van der Waals surface area (Å²) >= 11 is 0. The predicted molar refractivity (Wildman–Crippen MR) is 89.7 cm³/mol. The van der Waals surface area contributed by atoms with Crippen LogP contribution in [0.5, 0.6) is 0 Å². The molecular weight excluding hydrogens is 303 g/mol. The minimum Gasteiger partial charge on any atom is -0.354 e. The zero-order chi connectivity index (χ0) is 15.5. The third-order valence-corrected chi connectivity index (χ3v) is 4.49. The average Bonchev–Trinajstić information content (AvgIpc) is 2.46. The number of nitrogens with two attached hydrogens (primary N) is 1. The molecule has 0 aliphatic heterocycles. The molecule has 0 radical (unpaired) electrons. The summed E-state index contributed by atoms with van der Waals surface area (Å²) in [5.41, 5.74) is 5.61. The van der Waals surface area contributed by atoms with Crippen LogP contribution in [0.15, 0.2) is 24.3 Å². The molecule has 1 fully saturated rings. The van der Waals surface area contributed by atoms with Crippen LogP contribution in [-0.2, 0) is 10.2 Å². The Morgan fingerprint density at radius 3 is 2.45 bits per heavy atom. The Bertz CT molecular complexity index is 513. The highest BCUT2D eigenvalue weighted by Crippen LogP contribution is 2.28. The molecule has 0 unspecified atom stereocenters. The van der Waals surface area contributed by atoms with Gasteiger partial charge in [0.05, 0.1) is 5.54 Å². The molecule has 0 aromatic heterocycles. The summed E-state index contributed by atoms with van der Waals surface area (Å²) in [7, 11) is 0. The number of rotatable bonds is 4. The molecule has 3 N–H and O–H groups in total. The van der Waals surface area contributed by atoms with Crippen LogP contribution in [0.3, 0.4) is 0 Å². The first-order valence-corrected chi connectivity index (χ1v) is 7.67. The van der Waals surface area contributed by atoms with Gasteiger partial charge in [0.25, 0.3) is 0 Å². The number of hydrogen-bond acceptors (Lipinski definition) is 2. The van der Waals surface area contributed by atoms with Gasteiger partial charge in [-0.25, -0.2) is 4.39 Å². The lowest BCUT2D eigenvalue weighted by molar-refractivity contribution is -0.127. The van der Waals surface area contributed by atoms with E-state index in [0.717, 1.165) is 32.1 Å². The second-order valence-corrected chi connectivity index (χ2v) is 6.76. The normalized spacial score (nSPS) is 17.5. The number of carbonyl (C=O) groups is 1. The third kappa shape index (κ3) is 4.20. The molecule has 0 heterocycles. The lowest BCUT2D eigenvalue weighted by atomic mass is 9.80. The van der Waals surface area contributed by atoms with Gasteiger partial charge in [0.15, 0.2) is 0 Å². The Morgan fingerprint density at radius 2 is 1.86 bits per heavy atom. The van der Waals surface area contributed by atoms with Crippen LogP contribution in [0.1, 0.15) is 51.5 Å². The lowest BCUT2D eigenvalue weighted by Crippen LogP contribution is -2.56. The van der Waals surface area contributed by atoms with Crippen molar-refractivity contribution < 1.29 is 9.18 Å². The maximum atomic E-state index is 13.9. The first kappa shape index (κ1) is 18.9. The summed E-state index contributed by atoms with van der Waals surface area (Å²) in [6, 6.07) is 6.70. The zero-order valence-corrected chi connectivity index (χ0v) is 14.1. The van der Waals surface area contributed by atoms with Gasteiger partial charge < -0.3 is 11.1 Å². The quantitative estimate of drug-likeness (QED) is 0.891. The molecule has 0 bridgehead atoms. The van der Waals surface area contributed by atoms with Gasteiger partial charge in [-0.15, -0.1) is 12.4 Å². The van der Waals surface area contributed by atoms with Crippen molar-refractivity contribution in [3.05, 3.63) is 35.6 Å². The van der Waals surface area contributed by atoms with Gasteiger partial charge in [-0.05, 0) is 24.5 Å². The van der Waals surface area contributed by atoms with E-state index in [9.17, 15) is 9.18 Å². The van der Waals surface area contributed by atoms with E-state index in [4.69, 9.17) is 5.73 Å². The second-order valence-electron chi connectivity index (χ2n) is 6.76. The fourth-order valence-electron chi connectivity index (χ4n) is 2.99. The van der Waals surface area contributed by atoms with E-state index in [1.165, 1.54) is 6.07 Å². The van der Waals surface area contributed by atoms with E-state index in [0.29, 0.717) is 12.1 Å². The molecule has 124 valence electrons. The Hall–Kier alpha value is -1.13. The monoisotopic (exact) mass is 328 g/mol. The summed E-state index contributed by atoms with van der Waals surface area (Å²) in [6.45, 7) is 4.23. The van der Waals surface area contributed by atoms with E-state index in [1.807, 2.05) is 19.9 Å². The fourth-order valence-corrected chi connectivity index (χ4v) is 2.99. The van der Waals surface area contributed by atoms with Gasteiger partial charge in [-0.1, -0.05) is 51.3 Å². The van der Waals surface area contributed by atoms with Crippen LogP contribution in [-0.4, -0.2) is 18.0 Å². The summed E-state index contributed by atoms with van der Waals surface area (Å²) < 4.78 is 13.9. The molecule has 22 heavy (non-hydrogen) atoms. The Labute approximate surface area is 138 Å². The van der Waals surface area contributed by atoms with E-state index < -0.39 is 11.0 Å². The molecule has 2 rings (SSSR count). The molecule has 1 aromatic carbocycles. The molecule has 0 atom stereocenters. The predicted octanol–water partition coefficient (Wildman–Crippen LogP) is 3.30. The highest BCUT2D eigenvalue weighted by molar-refractivity contribution is 5.86. The molecule has 1 aromatic rings. The topological polar surface area (TPSA) is 55.1 Å². The highest BCUT2D eigenvalue weighted by Gasteiger charge is 2.36. The molecule has 0 saturated heterocycles. The second kappa shape index (κ2) is 7.42. The van der Waals surface area contributed by atoms with Crippen LogP contribution in [0.2, 0.25) is 0 Å². The molecule has 1 aliphatic rings. The van der Waals surface area contributed by atoms with Crippen molar-refractivity contribution in [3.63, 3.8) is 0 Å². The third-order valence-electron chi connectivity index (χ3n) is 4.49. The number of halogens is 2. The number of carbonyl (C=O) groups excluding carboxylic acids is 1. The van der Waals surface area contributed by atoms with Crippen molar-refractivity contribution in [2.24, 2.45) is 5.73 Å². The smallest absolute Gasteiger partial charge is 0.240 e. The van der Waals surface area contributed by atoms with E-state index in [1.54, 1.807) is 12.1 Å². The summed E-state index contributed by atoms with van der Waals surface area (Å²) in [6.07, 6.45) is 4.62. The number of amides is 1. The molecule has 1 amide bonds. The minimum atomic E-state index is -0.746. The Kier molecular flexibility index (Phi) is 6.38. The molecule has 0 spiro atoms. The minimum absolute atomic E-state index is 0. The van der Waals surface area contributed by atoms with Crippen molar-refractivity contribution in [1.82, 2.24) is 5.32 Å². The summed E-state index contributed by atoms with van der Waals surface area (Å²) in [4.78, 5) is 12.4. The summed E-state index contributed by atoms with van der Waals surface area (Å²) in [5, 5.41) is 2.93. The van der Waals surface area contributed by atoms with Crippen LogP contribution >= 0.6 is 12.4 Å². The van der Waals surface area contributed by atoms with Crippen molar-refractivity contribution in [2.75, 3.05) is 6.54 Å². The van der Waals surface area contributed by atoms with Gasteiger partial charge in [0.1, 0.15) is 5.82 Å². The number of hydrogen-bond donors (Lipinski definition) is 2. The van der Waals surface area contributed by atoms with Crippen LogP contribution < -0.4 is 11.1 Å². The first-order chi connectivity index (χ1) is 9.85. The van der Waals surface area contributed by atoms with Crippen LogP contribution in [0.4, 0.5) is 4.39 Å². The molecule has 1 aliphatic carbocycles. The maximum Gasteiger partial charge on any atom is 0.240 e. The van der Waals surface area contributed by atoms with E-state index in [2.05, 4.69) is 5.32 Å². The largest absolute Gasteiger partial charge is 0.354 e. The lowest BCUT2D eigenvalue weighted by Gasteiger charge is -2.34.